The molecule has 0 N–H and O–H groups in total. The summed E-state index contributed by atoms with van der Waals surface area (Å²) >= 11 is 0. The van der Waals surface area contributed by atoms with Crippen LogP contribution in [0.1, 0.15) is 45.1 Å². The van der Waals surface area contributed by atoms with Crippen LogP contribution in [0.25, 0.3) is 0 Å². The van der Waals surface area contributed by atoms with Gasteiger partial charge in [-0.1, -0.05) is 32.9 Å². The predicted octanol–water partition coefficient (Wildman–Crippen LogP) is 3.91. The van der Waals surface area contributed by atoms with Gasteiger partial charge in [-0.3, -0.25) is 4.79 Å². The monoisotopic (exact) mass is 252 g/mol. The average molecular weight is 252 g/mol. The van der Waals surface area contributed by atoms with Crippen molar-refractivity contribution < 1.29 is 13.9 Å². The fraction of sp³-hybridized carbons (Fsp3) is 0.533. The lowest BCUT2D eigenvalue weighted by Crippen LogP contribution is -2.13. The molecule has 1 atom stereocenters. The van der Waals surface area contributed by atoms with E-state index in [4.69, 9.17) is 4.74 Å². The van der Waals surface area contributed by atoms with E-state index >= 15 is 0 Å². The zero-order valence-electron chi connectivity index (χ0n) is 11.3. The van der Waals surface area contributed by atoms with Gasteiger partial charge in [0.1, 0.15) is 5.82 Å². The van der Waals surface area contributed by atoms with Gasteiger partial charge in [-0.05, 0) is 36.0 Å². The first-order valence-corrected chi connectivity index (χ1v) is 6.44. The van der Waals surface area contributed by atoms with Gasteiger partial charge >= 0.3 is 5.97 Å². The smallest absolute Gasteiger partial charge is 0.306 e. The Balaban J connectivity index is 2.56. The van der Waals surface area contributed by atoms with Crippen LogP contribution in [-0.4, -0.2) is 12.6 Å². The maximum atomic E-state index is 12.8. The Bertz CT molecular complexity index is 371. The number of hydrogen-bond donors (Lipinski definition) is 0. The number of rotatable bonds is 6. The van der Waals surface area contributed by atoms with Crippen molar-refractivity contribution >= 4 is 5.97 Å². The zero-order valence-corrected chi connectivity index (χ0v) is 11.3. The lowest BCUT2D eigenvalue weighted by Gasteiger charge is -2.15. The quantitative estimate of drug-likeness (QED) is 0.717. The van der Waals surface area contributed by atoms with E-state index in [0.717, 1.165) is 12.0 Å². The van der Waals surface area contributed by atoms with Gasteiger partial charge in [-0.15, -0.1) is 0 Å². The number of carbonyl (C=O) groups excluding carboxylic acids is 1. The van der Waals surface area contributed by atoms with Crippen LogP contribution in [0.2, 0.25) is 0 Å². The second kappa shape index (κ2) is 7.14. The highest BCUT2D eigenvalue weighted by molar-refractivity contribution is 5.70. The van der Waals surface area contributed by atoms with Gasteiger partial charge in [-0.25, -0.2) is 4.39 Å². The van der Waals surface area contributed by atoms with Gasteiger partial charge in [0.2, 0.25) is 0 Å². The van der Waals surface area contributed by atoms with Gasteiger partial charge in [0.25, 0.3) is 0 Å². The molecule has 1 aromatic rings. The van der Waals surface area contributed by atoms with E-state index in [2.05, 4.69) is 0 Å². The summed E-state index contributed by atoms with van der Waals surface area (Å²) in [4.78, 5) is 11.7. The normalized spacial score (nSPS) is 12.5. The first kappa shape index (κ1) is 14.7. The lowest BCUT2D eigenvalue weighted by molar-refractivity contribution is -0.145. The summed E-state index contributed by atoms with van der Waals surface area (Å²) in [5.74, 6) is 0.0148. The van der Waals surface area contributed by atoms with Gasteiger partial charge < -0.3 is 4.74 Å². The molecule has 3 heteroatoms. The molecule has 0 heterocycles. The van der Waals surface area contributed by atoms with Gasteiger partial charge in [0.15, 0.2) is 0 Å². The van der Waals surface area contributed by atoms with Crippen LogP contribution in [0.3, 0.4) is 0 Å². The molecular formula is C15H21FO2. The number of carbonyl (C=O) groups is 1. The fourth-order valence-corrected chi connectivity index (χ4v) is 1.75. The van der Waals surface area contributed by atoms with Gasteiger partial charge in [0.05, 0.1) is 13.0 Å². The van der Waals surface area contributed by atoms with Crippen molar-refractivity contribution in [1.29, 1.82) is 0 Å². The number of hydrogen-bond acceptors (Lipinski definition) is 2. The van der Waals surface area contributed by atoms with Crippen LogP contribution in [-0.2, 0) is 9.53 Å². The SMILES string of the molecule is CC[C@H](CC(=O)OCC(C)C)c1ccc(F)cc1. The first-order valence-electron chi connectivity index (χ1n) is 6.44. The van der Waals surface area contributed by atoms with Crippen LogP contribution < -0.4 is 0 Å². The Morgan fingerprint density at radius 2 is 1.89 bits per heavy atom. The number of esters is 1. The van der Waals surface area contributed by atoms with Crippen molar-refractivity contribution in [3.05, 3.63) is 35.6 Å². The lowest BCUT2D eigenvalue weighted by atomic mass is 9.93. The predicted molar refractivity (Wildman–Crippen MR) is 69.8 cm³/mol. The van der Waals surface area contributed by atoms with Crippen LogP contribution >= 0.6 is 0 Å². The standard InChI is InChI=1S/C15H21FO2/c1-4-12(9-15(17)18-10-11(2)3)13-5-7-14(16)8-6-13/h5-8,11-12H,4,9-10H2,1-3H3/t12-/m1/s1. The largest absolute Gasteiger partial charge is 0.465 e. The molecule has 0 spiro atoms. The molecule has 18 heavy (non-hydrogen) atoms. The Kier molecular flexibility index (Phi) is 5.83. The van der Waals surface area contributed by atoms with Crippen LogP contribution in [0, 0.1) is 11.7 Å². The van der Waals surface area contributed by atoms with E-state index in [1.807, 2.05) is 20.8 Å². The highest BCUT2D eigenvalue weighted by Crippen LogP contribution is 2.24. The van der Waals surface area contributed by atoms with Crippen LogP contribution in [0.15, 0.2) is 24.3 Å². The summed E-state index contributed by atoms with van der Waals surface area (Å²) in [6, 6.07) is 6.33. The van der Waals surface area contributed by atoms with E-state index < -0.39 is 0 Å². The summed E-state index contributed by atoms with van der Waals surface area (Å²) in [6.45, 7) is 6.48. The second-order valence-electron chi connectivity index (χ2n) is 4.94. The third kappa shape index (κ3) is 4.86. The molecule has 0 fully saturated rings. The molecule has 0 aliphatic carbocycles. The van der Waals surface area contributed by atoms with Crippen molar-refractivity contribution in [2.24, 2.45) is 5.92 Å². The molecule has 0 radical (unpaired) electrons. The minimum atomic E-state index is -0.254. The molecule has 0 saturated heterocycles. The Morgan fingerprint density at radius 1 is 1.28 bits per heavy atom. The molecule has 0 aliphatic rings. The summed E-state index contributed by atoms with van der Waals surface area (Å²) < 4.78 is 18.0. The van der Waals surface area contributed by atoms with E-state index in [1.165, 1.54) is 12.1 Å². The zero-order chi connectivity index (χ0) is 13.5. The van der Waals surface area contributed by atoms with Gasteiger partial charge in [0, 0.05) is 0 Å². The molecule has 0 unspecified atom stereocenters. The molecule has 100 valence electrons. The molecule has 0 aliphatic heterocycles. The summed E-state index contributed by atoms with van der Waals surface area (Å²) in [5, 5.41) is 0. The third-order valence-electron chi connectivity index (χ3n) is 2.82. The highest BCUT2D eigenvalue weighted by Gasteiger charge is 2.15. The van der Waals surface area contributed by atoms with Crippen molar-refractivity contribution in [3.63, 3.8) is 0 Å². The minimum absolute atomic E-state index is 0.102. The van der Waals surface area contributed by atoms with Crippen molar-refractivity contribution in [3.8, 4) is 0 Å². The molecule has 1 aromatic carbocycles. The maximum absolute atomic E-state index is 12.8. The molecule has 0 aromatic heterocycles. The Morgan fingerprint density at radius 3 is 2.39 bits per heavy atom. The van der Waals surface area contributed by atoms with Crippen molar-refractivity contribution in [1.82, 2.24) is 0 Å². The van der Waals surface area contributed by atoms with Crippen LogP contribution in [0.4, 0.5) is 4.39 Å². The molecule has 0 bridgehead atoms. The summed E-state index contributed by atoms with van der Waals surface area (Å²) in [5.41, 5.74) is 0.986. The number of benzene rings is 1. The number of halogens is 1. The maximum Gasteiger partial charge on any atom is 0.306 e. The average Bonchev–Trinajstić information content (AvgIpc) is 2.34. The Labute approximate surface area is 108 Å². The molecule has 0 saturated carbocycles. The van der Waals surface area contributed by atoms with E-state index in [-0.39, 0.29) is 17.7 Å². The molecular weight excluding hydrogens is 231 g/mol. The van der Waals surface area contributed by atoms with Crippen molar-refractivity contribution in [2.45, 2.75) is 39.5 Å². The van der Waals surface area contributed by atoms with E-state index in [9.17, 15) is 9.18 Å². The van der Waals surface area contributed by atoms with E-state index in [1.54, 1.807) is 12.1 Å². The van der Waals surface area contributed by atoms with Gasteiger partial charge in [-0.2, -0.15) is 0 Å². The van der Waals surface area contributed by atoms with Crippen LogP contribution in [0.5, 0.6) is 0 Å². The first-order chi connectivity index (χ1) is 8.52. The molecule has 0 amide bonds. The summed E-state index contributed by atoms with van der Waals surface area (Å²) in [6.07, 6.45) is 1.19. The highest BCUT2D eigenvalue weighted by atomic mass is 19.1. The Hall–Kier alpha value is -1.38. The molecule has 2 nitrogen and oxygen atoms in total. The molecule has 1 rings (SSSR count). The third-order valence-corrected chi connectivity index (χ3v) is 2.82. The topological polar surface area (TPSA) is 26.3 Å². The van der Waals surface area contributed by atoms with Crippen molar-refractivity contribution in [2.75, 3.05) is 6.61 Å². The minimum Gasteiger partial charge on any atom is -0.465 e. The van der Waals surface area contributed by atoms with E-state index in [0.29, 0.717) is 18.9 Å². The fourth-order valence-electron chi connectivity index (χ4n) is 1.75. The second-order valence-corrected chi connectivity index (χ2v) is 4.94. The summed E-state index contributed by atoms with van der Waals surface area (Å²) in [7, 11) is 0. The number of ether oxygens (including phenoxy) is 1.